The predicted molar refractivity (Wildman–Crippen MR) is 84.5 cm³/mol. The molecule has 2 rings (SSSR count). The average Bonchev–Trinajstić information content (AvgIpc) is 2.93. The van der Waals surface area contributed by atoms with E-state index in [9.17, 15) is 9.90 Å². The van der Waals surface area contributed by atoms with Gasteiger partial charge in [-0.3, -0.25) is 4.79 Å². The Bertz CT molecular complexity index is 507. The van der Waals surface area contributed by atoms with Gasteiger partial charge in [-0.15, -0.1) is 0 Å². The van der Waals surface area contributed by atoms with Crippen molar-refractivity contribution in [2.24, 2.45) is 5.41 Å². The molecule has 1 saturated heterocycles. The zero-order chi connectivity index (χ0) is 15.5. The van der Waals surface area contributed by atoms with Crippen molar-refractivity contribution >= 4 is 17.7 Å². The first-order chi connectivity index (χ1) is 9.94. The van der Waals surface area contributed by atoms with Crippen LogP contribution in [0.15, 0.2) is 18.2 Å². The van der Waals surface area contributed by atoms with E-state index in [0.29, 0.717) is 17.9 Å². The Hall–Kier alpha value is -1.36. The summed E-state index contributed by atoms with van der Waals surface area (Å²) in [6.07, 6.45) is 1.61. The second kappa shape index (κ2) is 6.60. The van der Waals surface area contributed by atoms with Gasteiger partial charge in [0.15, 0.2) is 11.5 Å². The van der Waals surface area contributed by atoms with Crippen LogP contribution in [-0.4, -0.2) is 35.8 Å². The van der Waals surface area contributed by atoms with Crippen LogP contribution in [-0.2, 0) is 11.2 Å². The third kappa shape index (κ3) is 3.84. The first kappa shape index (κ1) is 16.0. The first-order valence-electron chi connectivity index (χ1n) is 7.07. The van der Waals surface area contributed by atoms with E-state index in [2.05, 4.69) is 0 Å². The monoisotopic (exact) mass is 310 g/mol. The highest BCUT2D eigenvalue weighted by Crippen LogP contribution is 2.37. The molecule has 4 nitrogen and oxygen atoms in total. The van der Waals surface area contributed by atoms with Crippen LogP contribution in [0, 0.1) is 5.41 Å². The Kier molecular flexibility index (Phi) is 5.04. The normalized spacial score (nSPS) is 18.5. The van der Waals surface area contributed by atoms with Crippen molar-refractivity contribution in [2.45, 2.75) is 32.8 Å². The predicted octanol–water partition coefficient (Wildman–Crippen LogP) is 3.23. The number of ether oxygens (including phenoxy) is 2. The second-order valence-electron chi connectivity index (χ2n) is 5.92. The van der Waals surface area contributed by atoms with Gasteiger partial charge >= 0.3 is 5.97 Å². The first-order valence-corrected chi connectivity index (χ1v) is 8.23. The Labute approximate surface area is 129 Å². The van der Waals surface area contributed by atoms with Gasteiger partial charge in [0.1, 0.15) is 6.10 Å². The molecule has 1 aromatic rings. The lowest BCUT2D eigenvalue weighted by atomic mass is 9.85. The van der Waals surface area contributed by atoms with Crippen LogP contribution in [0.1, 0.15) is 25.8 Å². The molecule has 0 aliphatic carbocycles. The molecule has 1 aliphatic heterocycles. The molecule has 1 atom stereocenters. The fourth-order valence-electron chi connectivity index (χ4n) is 2.32. The minimum atomic E-state index is -0.838. The smallest absolute Gasteiger partial charge is 0.309 e. The lowest BCUT2D eigenvalue weighted by Crippen LogP contribution is -2.27. The zero-order valence-corrected chi connectivity index (χ0v) is 13.5. The largest absolute Gasteiger partial charge is 0.493 e. The number of aliphatic carboxylic acids is 1. The number of hydrogen-bond acceptors (Lipinski definition) is 4. The highest BCUT2D eigenvalue weighted by Gasteiger charge is 2.30. The van der Waals surface area contributed by atoms with E-state index in [1.165, 1.54) is 0 Å². The minimum absolute atomic E-state index is 0.179. The van der Waals surface area contributed by atoms with Crippen LogP contribution in [0.25, 0.3) is 0 Å². The summed E-state index contributed by atoms with van der Waals surface area (Å²) in [6.45, 7) is 3.45. The Morgan fingerprint density at radius 1 is 1.48 bits per heavy atom. The van der Waals surface area contributed by atoms with Gasteiger partial charge in [0.05, 0.1) is 12.5 Å². The number of carbonyl (C=O) groups is 1. The van der Waals surface area contributed by atoms with Gasteiger partial charge in [-0.25, -0.2) is 0 Å². The molecule has 0 saturated carbocycles. The lowest BCUT2D eigenvalue weighted by molar-refractivity contribution is -0.146. The van der Waals surface area contributed by atoms with E-state index in [4.69, 9.17) is 9.47 Å². The molecule has 0 amide bonds. The third-order valence-corrected chi connectivity index (χ3v) is 4.80. The number of para-hydroxylation sites is 1. The van der Waals surface area contributed by atoms with E-state index in [-0.39, 0.29) is 6.10 Å². The fraction of sp³-hybridized carbons (Fsp3) is 0.562. The maximum Gasteiger partial charge on any atom is 0.309 e. The van der Waals surface area contributed by atoms with E-state index >= 15 is 0 Å². The molecular formula is C16H22O4S. The van der Waals surface area contributed by atoms with E-state index < -0.39 is 11.4 Å². The summed E-state index contributed by atoms with van der Waals surface area (Å²) >= 11 is 1.88. The van der Waals surface area contributed by atoms with Crippen LogP contribution in [0.4, 0.5) is 0 Å². The molecule has 1 aromatic carbocycles. The van der Waals surface area contributed by atoms with Crippen molar-refractivity contribution in [1.29, 1.82) is 0 Å². The highest BCUT2D eigenvalue weighted by molar-refractivity contribution is 7.99. The number of thioether (sulfide) groups is 1. The van der Waals surface area contributed by atoms with Crippen molar-refractivity contribution in [3.63, 3.8) is 0 Å². The van der Waals surface area contributed by atoms with E-state index in [0.717, 1.165) is 23.5 Å². The molecule has 1 aliphatic rings. The van der Waals surface area contributed by atoms with Crippen LogP contribution < -0.4 is 9.47 Å². The number of carboxylic acids is 1. The number of methoxy groups -OCH3 is 1. The van der Waals surface area contributed by atoms with Gasteiger partial charge in [-0.05, 0) is 44.1 Å². The molecule has 1 N–H and O–H groups in total. The summed E-state index contributed by atoms with van der Waals surface area (Å²) in [5.74, 6) is 2.63. The van der Waals surface area contributed by atoms with E-state index in [1.54, 1.807) is 21.0 Å². The molecule has 0 aromatic heterocycles. The van der Waals surface area contributed by atoms with Crippen LogP contribution in [0.2, 0.25) is 0 Å². The number of hydrogen-bond donors (Lipinski definition) is 1. The third-order valence-electron chi connectivity index (χ3n) is 3.66. The second-order valence-corrected chi connectivity index (χ2v) is 7.07. The standard InChI is InChI=1S/C16H22O4S/c1-16(2,15(17)18)9-11-5-4-6-13(19-3)14(11)20-12-7-8-21-10-12/h4-6,12H,7-10H2,1-3H3,(H,17,18). The van der Waals surface area contributed by atoms with Crippen LogP contribution in [0.5, 0.6) is 11.5 Å². The summed E-state index contributed by atoms with van der Waals surface area (Å²) in [7, 11) is 1.61. The Balaban J connectivity index is 2.28. The Morgan fingerprint density at radius 3 is 2.81 bits per heavy atom. The van der Waals surface area contributed by atoms with Crippen LogP contribution >= 0.6 is 11.8 Å². The molecule has 116 valence electrons. The summed E-state index contributed by atoms with van der Waals surface area (Å²) in [5, 5.41) is 9.33. The van der Waals surface area contributed by atoms with Gasteiger partial charge in [-0.2, -0.15) is 11.8 Å². The highest BCUT2D eigenvalue weighted by atomic mass is 32.2. The summed E-state index contributed by atoms with van der Waals surface area (Å²) in [4.78, 5) is 11.4. The molecular weight excluding hydrogens is 288 g/mol. The molecule has 1 heterocycles. The number of carboxylic acid groups (broad SMARTS) is 1. The maximum absolute atomic E-state index is 11.4. The summed E-state index contributed by atoms with van der Waals surface area (Å²) in [6, 6.07) is 5.65. The topological polar surface area (TPSA) is 55.8 Å². The van der Waals surface area contributed by atoms with E-state index in [1.807, 2.05) is 30.0 Å². The summed E-state index contributed by atoms with van der Waals surface area (Å²) < 4.78 is 11.5. The maximum atomic E-state index is 11.4. The molecule has 21 heavy (non-hydrogen) atoms. The summed E-state index contributed by atoms with van der Waals surface area (Å²) in [5.41, 5.74) is 0.0492. The van der Waals surface area contributed by atoms with Gasteiger partial charge in [0.25, 0.3) is 0 Å². The molecule has 1 unspecified atom stereocenters. The van der Waals surface area contributed by atoms with Gasteiger partial charge in [-0.1, -0.05) is 12.1 Å². The van der Waals surface area contributed by atoms with Crippen molar-refractivity contribution in [2.75, 3.05) is 18.6 Å². The molecule has 1 fully saturated rings. The fourth-order valence-corrected chi connectivity index (χ4v) is 3.41. The minimum Gasteiger partial charge on any atom is -0.493 e. The molecule has 0 bridgehead atoms. The van der Waals surface area contributed by atoms with Crippen LogP contribution in [0.3, 0.4) is 0 Å². The van der Waals surface area contributed by atoms with Crippen molar-refractivity contribution in [3.05, 3.63) is 23.8 Å². The van der Waals surface area contributed by atoms with Gasteiger partial charge in [0.2, 0.25) is 0 Å². The Morgan fingerprint density at radius 2 is 2.24 bits per heavy atom. The van der Waals surface area contributed by atoms with Crippen molar-refractivity contribution in [1.82, 2.24) is 0 Å². The lowest BCUT2D eigenvalue weighted by Gasteiger charge is -2.23. The number of benzene rings is 1. The van der Waals surface area contributed by atoms with Crippen molar-refractivity contribution < 1.29 is 19.4 Å². The quantitative estimate of drug-likeness (QED) is 0.874. The SMILES string of the molecule is COc1cccc(CC(C)(C)C(=O)O)c1OC1CCSC1. The zero-order valence-electron chi connectivity index (χ0n) is 12.7. The van der Waals surface area contributed by atoms with Gasteiger partial charge < -0.3 is 14.6 Å². The molecule has 0 radical (unpaired) electrons. The van der Waals surface area contributed by atoms with Gasteiger partial charge in [0, 0.05) is 5.75 Å². The molecule has 5 heteroatoms. The average molecular weight is 310 g/mol. The number of rotatable bonds is 6. The van der Waals surface area contributed by atoms with Crippen molar-refractivity contribution in [3.8, 4) is 11.5 Å². The molecule has 0 spiro atoms.